The van der Waals surface area contributed by atoms with Crippen molar-refractivity contribution in [2.24, 2.45) is 0 Å². The van der Waals surface area contributed by atoms with E-state index in [0.717, 1.165) is 64.2 Å². The summed E-state index contributed by atoms with van der Waals surface area (Å²) in [5.74, 6) is 2.11. The Kier molecular flexibility index (Phi) is 13.7. The second-order valence-corrected chi connectivity index (χ2v) is 11.7. The molecule has 2 rings (SSSR count). The van der Waals surface area contributed by atoms with Crippen molar-refractivity contribution in [1.29, 1.82) is 0 Å². The zero-order chi connectivity index (χ0) is 28.8. The van der Waals surface area contributed by atoms with E-state index in [-0.39, 0.29) is 23.6 Å². The number of hydrogen-bond donors (Lipinski definition) is 3. The van der Waals surface area contributed by atoms with Gasteiger partial charge in [-0.05, 0) is 51.7 Å². The highest BCUT2D eigenvalue weighted by atomic mass is 32.1. The van der Waals surface area contributed by atoms with E-state index in [1.807, 2.05) is 18.2 Å². The number of unbranched alkanes of at least 4 members (excludes halogenated alkanes) is 4. The molecule has 1 fully saturated rings. The van der Waals surface area contributed by atoms with Crippen molar-refractivity contribution in [3.8, 4) is 12.3 Å². The van der Waals surface area contributed by atoms with Crippen LogP contribution in [0, 0.1) is 12.3 Å². The second kappa shape index (κ2) is 16.4. The number of nitrogens with zero attached hydrogens (tertiary/aromatic N) is 1. The summed E-state index contributed by atoms with van der Waals surface area (Å²) in [5.41, 5.74) is 0.444. The molecule has 1 aromatic carbocycles. The Morgan fingerprint density at radius 2 is 1.77 bits per heavy atom. The SMILES string of the molecule is C#Cc1ccccc1C(C(=O)NC1CCCCC1)N(CCCCCCC)C(=O)C(CS)NC(=O)OC(C)(C)C. The molecule has 1 aromatic rings. The summed E-state index contributed by atoms with van der Waals surface area (Å²) in [5, 5.41) is 5.88. The molecule has 7 nitrogen and oxygen atoms in total. The predicted octanol–water partition coefficient (Wildman–Crippen LogP) is 5.78. The molecule has 39 heavy (non-hydrogen) atoms. The second-order valence-electron chi connectivity index (χ2n) is 11.3. The van der Waals surface area contributed by atoms with E-state index in [2.05, 4.69) is 36.1 Å². The molecule has 1 aliphatic carbocycles. The van der Waals surface area contributed by atoms with Gasteiger partial charge in [-0.3, -0.25) is 9.59 Å². The summed E-state index contributed by atoms with van der Waals surface area (Å²) in [6, 6.07) is 5.42. The van der Waals surface area contributed by atoms with Crippen LogP contribution < -0.4 is 10.6 Å². The van der Waals surface area contributed by atoms with Crippen molar-refractivity contribution >= 4 is 30.5 Å². The molecule has 0 saturated heterocycles. The van der Waals surface area contributed by atoms with Gasteiger partial charge in [-0.2, -0.15) is 12.6 Å². The lowest BCUT2D eigenvalue weighted by atomic mass is 9.93. The Morgan fingerprint density at radius 1 is 1.10 bits per heavy atom. The highest BCUT2D eigenvalue weighted by Gasteiger charge is 2.37. The summed E-state index contributed by atoms with van der Waals surface area (Å²) in [4.78, 5) is 42.2. The number of ether oxygens (including phenoxy) is 1. The third kappa shape index (κ3) is 10.8. The summed E-state index contributed by atoms with van der Waals surface area (Å²) >= 11 is 4.37. The minimum absolute atomic E-state index is 0.0537. The number of terminal acetylenes is 1. The van der Waals surface area contributed by atoms with Gasteiger partial charge in [0.05, 0.1) is 0 Å². The van der Waals surface area contributed by atoms with E-state index in [1.165, 1.54) is 0 Å². The van der Waals surface area contributed by atoms with Gasteiger partial charge >= 0.3 is 6.09 Å². The Morgan fingerprint density at radius 3 is 2.38 bits per heavy atom. The monoisotopic (exact) mass is 557 g/mol. The van der Waals surface area contributed by atoms with E-state index < -0.39 is 23.8 Å². The van der Waals surface area contributed by atoms with E-state index in [4.69, 9.17) is 11.2 Å². The fourth-order valence-corrected chi connectivity index (χ4v) is 5.18. The third-order valence-corrected chi connectivity index (χ3v) is 7.24. The quantitative estimate of drug-likeness (QED) is 0.163. The van der Waals surface area contributed by atoms with Gasteiger partial charge in [0, 0.05) is 23.9 Å². The standard InChI is InChI=1S/C31H47N3O4S/c1-6-8-9-10-16-21-34(29(36)26(22-39)33-30(37)38-31(3,4)5)27(25-20-15-14-17-23(25)7-2)28(35)32-24-18-12-11-13-19-24/h2,14-15,17,20,24,26-27,39H,6,8-13,16,18-19,21-22H2,1,3-5H3,(H,32,35)(H,33,37). The first-order chi connectivity index (χ1) is 18.6. The first kappa shape index (κ1) is 32.6. The van der Waals surface area contributed by atoms with Gasteiger partial charge in [-0.1, -0.05) is 76.0 Å². The molecule has 216 valence electrons. The number of hydrogen-bond acceptors (Lipinski definition) is 5. The fourth-order valence-electron chi connectivity index (χ4n) is 4.93. The van der Waals surface area contributed by atoms with Crippen LogP contribution >= 0.6 is 12.6 Å². The van der Waals surface area contributed by atoms with E-state index in [0.29, 0.717) is 17.7 Å². The van der Waals surface area contributed by atoms with Crippen LogP contribution in [-0.4, -0.2) is 52.8 Å². The minimum Gasteiger partial charge on any atom is -0.444 e. The average Bonchev–Trinajstić information content (AvgIpc) is 2.90. The van der Waals surface area contributed by atoms with Crippen LogP contribution in [0.2, 0.25) is 0 Å². The minimum atomic E-state index is -0.971. The molecule has 0 bridgehead atoms. The maximum absolute atomic E-state index is 14.1. The molecule has 3 amide bonds. The van der Waals surface area contributed by atoms with E-state index >= 15 is 0 Å². The van der Waals surface area contributed by atoms with Crippen LogP contribution in [0.15, 0.2) is 24.3 Å². The third-order valence-electron chi connectivity index (χ3n) is 6.88. The molecule has 8 heteroatoms. The van der Waals surface area contributed by atoms with Crippen molar-refractivity contribution in [3.63, 3.8) is 0 Å². The molecule has 2 atom stereocenters. The van der Waals surface area contributed by atoms with Crippen molar-refractivity contribution < 1.29 is 19.1 Å². The molecule has 0 radical (unpaired) electrons. The summed E-state index contributed by atoms with van der Waals surface area (Å²) in [6.45, 7) is 7.78. The van der Waals surface area contributed by atoms with Crippen LogP contribution in [0.3, 0.4) is 0 Å². The molecule has 1 saturated carbocycles. The Labute approximate surface area is 240 Å². The summed E-state index contributed by atoms with van der Waals surface area (Å²) < 4.78 is 5.39. The number of amides is 3. The first-order valence-corrected chi connectivity index (χ1v) is 15.0. The lowest BCUT2D eigenvalue weighted by molar-refractivity contribution is -0.142. The number of benzene rings is 1. The molecule has 1 aliphatic rings. The number of carbonyl (C=O) groups is 3. The molecule has 2 N–H and O–H groups in total. The van der Waals surface area contributed by atoms with Gasteiger partial charge in [0.15, 0.2) is 0 Å². The van der Waals surface area contributed by atoms with Crippen molar-refractivity contribution in [3.05, 3.63) is 35.4 Å². The molecule has 2 unspecified atom stereocenters. The van der Waals surface area contributed by atoms with Gasteiger partial charge in [0.1, 0.15) is 17.7 Å². The molecular formula is C31H47N3O4S. The highest BCUT2D eigenvalue weighted by Crippen LogP contribution is 2.28. The maximum Gasteiger partial charge on any atom is 0.408 e. The smallest absolute Gasteiger partial charge is 0.408 e. The molecule has 0 spiro atoms. The Bertz CT molecular complexity index is 979. The van der Waals surface area contributed by atoms with Gasteiger partial charge in [-0.25, -0.2) is 4.79 Å². The van der Waals surface area contributed by atoms with Gasteiger partial charge in [0.2, 0.25) is 11.8 Å². The largest absolute Gasteiger partial charge is 0.444 e. The van der Waals surface area contributed by atoms with E-state index in [1.54, 1.807) is 31.7 Å². The van der Waals surface area contributed by atoms with Crippen molar-refractivity contribution in [1.82, 2.24) is 15.5 Å². The lowest BCUT2D eigenvalue weighted by Crippen LogP contribution is -2.54. The van der Waals surface area contributed by atoms with Crippen LogP contribution in [0.4, 0.5) is 4.79 Å². The summed E-state index contributed by atoms with van der Waals surface area (Å²) in [6.07, 6.45) is 15.2. The van der Waals surface area contributed by atoms with Crippen LogP contribution in [0.1, 0.15) is 109 Å². The van der Waals surface area contributed by atoms with Crippen molar-refractivity contribution in [2.45, 2.75) is 116 Å². The van der Waals surface area contributed by atoms with Crippen molar-refractivity contribution in [2.75, 3.05) is 12.3 Å². The maximum atomic E-state index is 14.1. The zero-order valence-electron chi connectivity index (χ0n) is 24.1. The van der Waals surface area contributed by atoms with Crippen LogP contribution in [-0.2, 0) is 14.3 Å². The van der Waals surface area contributed by atoms with E-state index in [9.17, 15) is 14.4 Å². The topological polar surface area (TPSA) is 87.7 Å². The number of carbonyl (C=O) groups excluding carboxylic acids is 3. The molecular weight excluding hydrogens is 510 g/mol. The first-order valence-electron chi connectivity index (χ1n) is 14.4. The number of alkyl carbamates (subject to hydrolysis) is 1. The lowest BCUT2D eigenvalue weighted by Gasteiger charge is -2.36. The number of thiol groups is 1. The Balaban J connectivity index is 2.44. The predicted molar refractivity (Wildman–Crippen MR) is 160 cm³/mol. The number of rotatable bonds is 13. The van der Waals surface area contributed by atoms with Gasteiger partial charge in [-0.15, -0.1) is 6.42 Å². The zero-order valence-corrected chi connectivity index (χ0v) is 25.0. The normalized spacial score (nSPS) is 15.5. The van der Waals surface area contributed by atoms with Gasteiger partial charge < -0.3 is 20.3 Å². The van der Waals surface area contributed by atoms with Crippen LogP contribution in [0.5, 0.6) is 0 Å². The molecule has 0 heterocycles. The highest BCUT2D eigenvalue weighted by molar-refractivity contribution is 7.80. The fraction of sp³-hybridized carbons (Fsp3) is 0.645. The molecule has 0 aliphatic heterocycles. The van der Waals surface area contributed by atoms with Gasteiger partial charge in [0.25, 0.3) is 0 Å². The van der Waals surface area contributed by atoms with Crippen LogP contribution in [0.25, 0.3) is 0 Å². The number of nitrogens with one attached hydrogen (secondary N) is 2. The Hall–Kier alpha value is -2.66. The molecule has 0 aromatic heterocycles. The summed E-state index contributed by atoms with van der Waals surface area (Å²) in [7, 11) is 0. The average molecular weight is 558 g/mol.